The molecule has 1 rings (SSSR count). The van der Waals surface area contributed by atoms with Gasteiger partial charge >= 0.3 is 12.1 Å². The van der Waals surface area contributed by atoms with E-state index in [2.05, 4.69) is 0 Å². The van der Waals surface area contributed by atoms with Gasteiger partial charge < -0.3 is 5.11 Å². The summed E-state index contributed by atoms with van der Waals surface area (Å²) in [5.74, 6) is -1.27. The predicted molar refractivity (Wildman–Crippen MR) is 54.6 cm³/mol. The van der Waals surface area contributed by atoms with E-state index in [-0.39, 0.29) is 10.5 Å². The van der Waals surface area contributed by atoms with Crippen molar-refractivity contribution >= 4 is 17.7 Å². The molecule has 0 saturated carbocycles. The van der Waals surface area contributed by atoms with Gasteiger partial charge in [-0.2, -0.15) is 13.2 Å². The molecule has 0 fully saturated rings. The molecule has 0 spiro atoms. The van der Waals surface area contributed by atoms with Crippen LogP contribution in [-0.4, -0.2) is 17.3 Å². The first kappa shape index (κ1) is 12.9. The summed E-state index contributed by atoms with van der Waals surface area (Å²) in [6, 6.07) is 3.95. The molecule has 0 aliphatic heterocycles. The summed E-state index contributed by atoms with van der Waals surface area (Å²) in [7, 11) is 0. The molecule has 2 nitrogen and oxygen atoms in total. The molecule has 1 aromatic rings. The monoisotopic (exact) mass is 250 g/mol. The van der Waals surface area contributed by atoms with E-state index >= 15 is 0 Å². The lowest BCUT2D eigenvalue weighted by Crippen LogP contribution is -2.13. The molecule has 0 bridgehead atoms. The van der Waals surface area contributed by atoms with E-state index in [0.29, 0.717) is 0 Å². The van der Waals surface area contributed by atoms with Crippen LogP contribution in [0.3, 0.4) is 0 Å². The number of thioether (sulfide) groups is 1. The van der Waals surface area contributed by atoms with Crippen molar-refractivity contribution in [3.8, 4) is 0 Å². The Labute approximate surface area is 94.5 Å². The second-order valence-corrected chi connectivity index (χ2v) is 3.91. The third-order valence-corrected chi connectivity index (χ3v) is 2.74. The van der Waals surface area contributed by atoms with Crippen LogP contribution < -0.4 is 0 Å². The van der Waals surface area contributed by atoms with Gasteiger partial charge in [0.2, 0.25) is 0 Å². The lowest BCUT2D eigenvalue weighted by Gasteiger charge is -2.15. The summed E-state index contributed by atoms with van der Waals surface area (Å²) < 4.78 is 38.2. The van der Waals surface area contributed by atoms with Gasteiger partial charge in [0, 0.05) is 4.90 Å². The van der Waals surface area contributed by atoms with E-state index in [1.165, 1.54) is 24.5 Å². The first-order valence-electron chi connectivity index (χ1n) is 4.31. The number of halogens is 3. The maximum Gasteiger partial charge on any atom is 0.417 e. The summed E-state index contributed by atoms with van der Waals surface area (Å²) in [4.78, 5) is 10.5. The number of rotatable bonds is 3. The zero-order valence-corrected chi connectivity index (χ0v) is 9.15. The smallest absolute Gasteiger partial charge is 0.417 e. The van der Waals surface area contributed by atoms with Crippen molar-refractivity contribution in [2.45, 2.75) is 17.5 Å². The average molecular weight is 250 g/mol. The zero-order chi connectivity index (χ0) is 12.3. The van der Waals surface area contributed by atoms with Gasteiger partial charge in [-0.25, -0.2) is 0 Å². The summed E-state index contributed by atoms with van der Waals surface area (Å²) >= 11 is 0.951. The van der Waals surface area contributed by atoms with Gasteiger partial charge in [0.05, 0.1) is 12.0 Å². The lowest BCUT2D eigenvalue weighted by molar-refractivity contribution is -0.141. The molecule has 0 heterocycles. The minimum atomic E-state index is -4.52. The minimum Gasteiger partial charge on any atom is -0.481 e. The van der Waals surface area contributed by atoms with Gasteiger partial charge in [-0.05, 0) is 17.9 Å². The Kier molecular flexibility index (Phi) is 3.85. The van der Waals surface area contributed by atoms with E-state index in [1.54, 1.807) is 0 Å². The number of carbonyl (C=O) groups is 1. The number of aliphatic carboxylic acids is 1. The van der Waals surface area contributed by atoms with E-state index in [4.69, 9.17) is 5.11 Å². The Hall–Kier alpha value is -1.17. The molecule has 88 valence electrons. The van der Waals surface area contributed by atoms with Crippen molar-refractivity contribution < 1.29 is 23.1 Å². The summed E-state index contributed by atoms with van der Waals surface area (Å²) in [5.41, 5.74) is -1.04. The SMILES string of the molecule is CSc1cccc(CC(=O)O)c1C(F)(F)F. The normalized spacial score (nSPS) is 11.5. The molecule has 0 aliphatic carbocycles. The van der Waals surface area contributed by atoms with Gasteiger partial charge in [-0.3, -0.25) is 4.79 Å². The molecule has 0 unspecified atom stereocenters. The van der Waals surface area contributed by atoms with E-state index in [0.717, 1.165) is 11.8 Å². The molecular weight excluding hydrogens is 241 g/mol. The highest BCUT2D eigenvalue weighted by Gasteiger charge is 2.36. The maximum absolute atomic E-state index is 12.7. The fourth-order valence-corrected chi connectivity index (χ4v) is 2.04. The Morgan fingerprint density at radius 2 is 2.06 bits per heavy atom. The third kappa shape index (κ3) is 2.91. The van der Waals surface area contributed by atoms with Crippen molar-refractivity contribution in [3.63, 3.8) is 0 Å². The van der Waals surface area contributed by atoms with Crippen LogP contribution in [-0.2, 0) is 17.4 Å². The van der Waals surface area contributed by atoms with Crippen LogP contribution >= 0.6 is 11.8 Å². The van der Waals surface area contributed by atoms with Gasteiger partial charge in [-0.15, -0.1) is 11.8 Å². The highest BCUT2D eigenvalue weighted by atomic mass is 32.2. The number of benzene rings is 1. The van der Waals surface area contributed by atoms with E-state index in [1.807, 2.05) is 0 Å². The quantitative estimate of drug-likeness (QED) is 0.838. The molecule has 1 aromatic carbocycles. The van der Waals surface area contributed by atoms with E-state index in [9.17, 15) is 18.0 Å². The molecule has 6 heteroatoms. The number of hydrogen-bond acceptors (Lipinski definition) is 2. The molecule has 0 aliphatic rings. The van der Waals surface area contributed by atoms with Gasteiger partial charge in [-0.1, -0.05) is 12.1 Å². The molecule has 0 atom stereocenters. The fourth-order valence-electron chi connectivity index (χ4n) is 1.38. The van der Waals surface area contributed by atoms with Crippen molar-refractivity contribution in [3.05, 3.63) is 29.3 Å². The first-order chi connectivity index (χ1) is 7.36. The predicted octanol–water partition coefficient (Wildman–Crippen LogP) is 3.05. The highest BCUT2D eigenvalue weighted by Crippen LogP contribution is 2.38. The maximum atomic E-state index is 12.7. The minimum absolute atomic E-state index is 0.0475. The van der Waals surface area contributed by atoms with Crippen LogP contribution in [0.2, 0.25) is 0 Å². The molecule has 16 heavy (non-hydrogen) atoms. The number of carboxylic acid groups (broad SMARTS) is 1. The van der Waals surface area contributed by atoms with Crippen LogP contribution in [0, 0.1) is 0 Å². The number of carboxylic acids is 1. The van der Waals surface area contributed by atoms with Crippen LogP contribution in [0.4, 0.5) is 13.2 Å². The number of hydrogen-bond donors (Lipinski definition) is 1. The van der Waals surface area contributed by atoms with Crippen LogP contribution in [0.25, 0.3) is 0 Å². The molecule has 0 radical (unpaired) electrons. The zero-order valence-electron chi connectivity index (χ0n) is 8.34. The number of alkyl halides is 3. The molecule has 0 amide bonds. The fraction of sp³-hybridized carbons (Fsp3) is 0.300. The lowest BCUT2D eigenvalue weighted by atomic mass is 10.0. The molecule has 0 aromatic heterocycles. The van der Waals surface area contributed by atoms with Gasteiger partial charge in [0.15, 0.2) is 0 Å². The summed E-state index contributed by atoms with van der Waals surface area (Å²) in [6.07, 6.45) is -3.62. The highest BCUT2D eigenvalue weighted by molar-refractivity contribution is 7.98. The largest absolute Gasteiger partial charge is 0.481 e. The molecule has 0 saturated heterocycles. The topological polar surface area (TPSA) is 37.3 Å². The third-order valence-electron chi connectivity index (χ3n) is 1.96. The second kappa shape index (κ2) is 4.78. The Balaban J connectivity index is 3.32. The Morgan fingerprint density at radius 3 is 2.50 bits per heavy atom. The van der Waals surface area contributed by atoms with Crippen molar-refractivity contribution in [1.29, 1.82) is 0 Å². The molecule has 1 N–H and O–H groups in total. The summed E-state index contributed by atoms with van der Waals surface area (Å²) in [5, 5.41) is 8.55. The van der Waals surface area contributed by atoms with Crippen LogP contribution in [0.5, 0.6) is 0 Å². The standard InChI is InChI=1S/C10H9F3O2S/c1-16-7-4-2-3-6(5-8(14)15)9(7)10(11,12)13/h2-4H,5H2,1H3,(H,14,15). The van der Waals surface area contributed by atoms with Gasteiger partial charge in [0.1, 0.15) is 0 Å². The Bertz CT molecular complexity index is 402. The second-order valence-electron chi connectivity index (χ2n) is 3.06. The van der Waals surface area contributed by atoms with Gasteiger partial charge in [0.25, 0.3) is 0 Å². The van der Waals surface area contributed by atoms with Crippen LogP contribution in [0.15, 0.2) is 23.1 Å². The summed E-state index contributed by atoms with van der Waals surface area (Å²) in [6.45, 7) is 0. The van der Waals surface area contributed by atoms with E-state index < -0.39 is 24.1 Å². The first-order valence-corrected chi connectivity index (χ1v) is 5.53. The van der Waals surface area contributed by atoms with Crippen molar-refractivity contribution in [2.75, 3.05) is 6.26 Å². The van der Waals surface area contributed by atoms with Crippen LogP contribution in [0.1, 0.15) is 11.1 Å². The van der Waals surface area contributed by atoms with Crippen molar-refractivity contribution in [1.82, 2.24) is 0 Å². The molecular formula is C10H9F3O2S. The Morgan fingerprint density at radius 1 is 1.44 bits per heavy atom. The van der Waals surface area contributed by atoms with Crippen molar-refractivity contribution in [2.24, 2.45) is 0 Å². The average Bonchev–Trinajstić information content (AvgIpc) is 2.14.